The van der Waals surface area contributed by atoms with Crippen molar-refractivity contribution in [3.63, 3.8) is 0 Å². The lowest BCUT2D eigenvalue weighted by Gasteiger charge is -2.33. The molecule has 0 radical (unpaired) electrons. The third-order valence-corrected chi connectivity index (χ3v) is 8.97. The first kappa shape index (κ1) is 35.5. The summed E-state index contributed by atoms with van der Waals surface area (Å²) in [6.45, 7) is 20.6. The van der Waals surface area contributed by atoms with E-state index in [2.05, 4.69) is 11.5 Å². The number of hydrogen-bond acceptors (Lipinski definition) is 9. The maximum Gasteiger partial charge on any atom is 0.0951 e. The van der Waals surface area contributed by atoms with Crippen molar-refractivity contribution in [2.45, 2.75) is 6.10 Å². The summed E-state index contributed by atoms with van der Waals surface area (Å²) in [6, 6.07) is 0. The van der Waals surface area contributed by atoms with Crippen LogP contribution in [-0.2, 0) is 23.0 Å². The Labute approximate surface area is 214 Å². The fraction of sp³-hybridized carbons (Fsp3) is 0.909. The van der Waals surface area contributed by atoms with Crippen LogP contribution in [0.15, 0.2) is 12.7 Å². The highest BCUT2D eigenvalue weighted by molar-refractivity contribution is 7.63. The van der Waals surface area contributed by atoms with Crippen molar-refractivity contribution in [1.29, 1.82) is 0 Å². The van der Waals surface area contributed by atoms with Crippen LogP contribution in [-0.4, -0.2) is 150 Å². The number of nitrogens with zero attached hydrogens (tertiary/aromatic N) is 3. The molecule has 35 heavy (non-hydrogen) atoms. The van der Waals surface area contributed by atoms with Gasteiger partial charge in [-0.25, -0.2) is 0 Å². The molecule has 210 valence electrons. The summed E-state index contributed by atoms with van der Waals surface area (Å²) in [6.07, 6.45) is 2.45. The molecule has 1 atom stereocenters. The lowest BCUT2D eigenvalue weighted by molar-refractivity contribution is 0.0236. The molecule has 1 unspecified atom stereocenters. The summed E-state index contributed by atoms with van der Waals surface area (Å²) in [5.74, 6) is 0. The van der Waals surface area contributed by atoms with Crippen LogP contribution >= 0.6 is 28.6 Å². The molecular weight excluding hydrogens is 526 g/mol. The maximum atomic E-state index is 12.5. The van der Waals surface area contributed by atoms with E-state index in [1.807, 2.05) is 9.80 Å². The third-order valence-electron chi connectivity index (χ3n) is 4.64. The van der Waals surface area contributed by atoms with Crippen molar-refractivity contribution in [2.24, 2.45) is 0 Å². The molecule has 9 nitrogen and oxygen atoms in total. The minimum absolute atomic E-state index is 0.173. The second-order valence-corrected chi connectivity index (χ2v) is 25.2. The molecule has 0 aliphatic carbocycles. The lowest BCUT2D eigenvalue weighted by Crippen LogP contribution is -2.44. The first-order valence-corrected chi connectivity index (χ1v) is 23.0. The molecule has 0 spiro atoms. The Kier molecular flexibility index (Phi) is 16.0. The minimum atomic E-state index is -2.35. The van der Waals surface area contributed by atoms with Gasteiger partial charge >= 0.3 is 0 Å². The van der Waals surface area contributed by atoms with Crippen molar-refractivity contribution in [3.05, 3.63) is 12.7 Å². The Balaban J connectivity index is 5.48. The minimum Gasteiger partial charge on any atom is -0.389 e. The molecule has 0 amide bonds. The van der Waals surface area contributed by atoms with Crippen molar-refractivity contribution in [1.82, 2.24) is 14.7 Å². The maximum absolute atomic E-state index is 12.5. The predicted molar refractivity (Wildman–Crippen MR) is 154 cm³/mol. The van der Waals surface area contributed by atoms with Gasteiger partial charge in [0.2, 0.25) is 0 Å². The predicted octanol–water partition coefficient (Wildman–Crippen LogP) is 3.78. The number of rotatable bonds is 20. The van der Waals surface area contributed by atoms with E-state index in [-0.39, 0.29) is 6.61 Å². The van der Waals surface area contributed by atoms with Crippen LogP contribution in [0.3, 0.4) is 0 Å². The van der Waals surface area contributed by atoms with Crippen LogP contribution in [0.25, 0.3) is 0 Å². The molecule has 0 saturated carbocycles. The molecule has 0 fully saturated rings. The zero-order valence-electron chi connectivity index (χ0n) is 23.3. The van der Waals surface area contributed by atoms with Gasteiger partial charge in [-0.15, -0.1) is 6.58 Å². The van der Waals surface area contributed by atoms with Gasteiger partial charge in [0, 0.05) is 32.7 Å². The van der Waals surface area contributed by atoms with Crippen LogP contribution < -0.4 is 0 Å². The van der Waals surface area contributed by atoms with E-state index in [4.69, 9.17) is 4.74 Å². The van der Waals surface area contributed by atoms with E-state index in [1.54, 1.807) is 59.4 Å². The Hall–Kier alpha value is 0.460. The lowest BCUT2D eigenvalue weighted by atomic mass is 10.3. The molecule has 0 aliphatic rings. The van der Waals surface area contributed by atoms with E-state index in [9.17, 15) is 23.4 Å². The average Bonchev–Trinajstić information content (AvgIpc) is 2.58. The van der Waals surface area contributed by atoms with Crippen LogP contribution in [0.4, 0.5) is 0 Å². The molecule has 0 aromatic heterocycles. The zero-order chi connectivity index (χ0) is 27.5. The van der Waals surface area contributed by atoms with E-state index < -0.39 is 34.7 Å². The molecule has 0 bridgehead atoms. The Morgan fingerprint density at radius 3 is 1.29 bits per heavy atom. The summed E-state index contributed by atoms with van der Waals surface area (Å²) in [5, 5.41) is 10.5. The van der Waals surface area contributed by atoms with Gasteiger partial charge in [-0.3, -0.25) is 14.7 Å². The first-order valence-electron chi connectivity index (χ1n) is 11.9. The van der Waals surface area contributed by atoms with Crippen LogP contribution in [0.5, 0.6) is 0 Å². The molecule has 0 heterocycles. The highest BCUT2D eigenvalue weighted by Crippen LogP contribution is 2.43. The monoisotopic (exact) mass is 577 g/mol. The summed E-state index contributed by atoms with van der Waals surface area (Å²) in [5.41, 5.74) is 0. The molecule has 0 rings (SSSR count). The highest BCUT2D eigenvalue weighted by Gasteiger charge is 2.24. The Bertz CT molecular complexity index is 712. The zero-order valence-corrected chi connectivity index (χ0v) is 26.8. The summed E-state index contributed by atoms with van der Waals surface area (Å²) >= 11 is 0. The van der Waals surface area contributed by atoms with Crippen molar-refractivity contribution in [3.8, 4) is 0 Å². The Morgan fingerprint density at radius 1 is 0.686 bits per heavy atom. The topological polar surface area (TPSA) is 107 Å². The van der Waals surface area contributed by atoms with Crippen molar-refractivity contribution in [2.75, 3.05) is 124 Å². The fourth-order valence-corrected chi connectivity index (χ4v) is 8.93. The van der Waals surface area contributed by atoms with Crippen molar-refractivity contribution < 1.29 is 28.1 Å². The smallest absolute Gasteiger partial charge is 0.0951 e. The number of ether oxygens (including phenoxy) is 1. The third kappa shape index (κ3) is 23.3. The van der Waals surface area contributed by atoms with Gasteiger partial charge in [-0.05, 0) is 53.3 Å². The van der Waals surface area contributed by atoms with E-state index in [1.165, 1.54) is 0 Å². The van der Waals surface area contributed by atoms with Gasteiger partial charge < -0.3 is 28.1 Å². The van der Waals surface area contributed by atoms with E-state index in [0.717, 1.165) is 0 Å². The van der Waals surface area contributed by atoms with Gasteiger partial charge in [0.15, 0.2) is 0 Å². The summed E-state index contributed by atoms with van der Waals surface area (Å²) < 4.78 is 55.4. The van der Waals surface area contributed by atoms with Gasteiger partial charge in [0.05, 0.1) is 73.0 Å². The summed E-state index contributed by atoms with van der Waals surface area (Å²) in [7, 11) is -9.42. The first-order chi connectivity index (χ1) is 15.7. The number of hydrogen-bond donors (Lipinski definition) is 1. The highest BCUT2D eigenvalue weighted by atomic mass is 31.2. The molecular formula is C22H51N3O6P4. The number of aliphatic hydroxyl groups excluding tert-OH is 1. The normalized spacial score (nSPS) is 14.7. The Morgan fingerprint density at radius 2 is 1.00 bits per heavy atom. The fourth-order valence-electron chi connectivity index (χ4n) is 3.80. The molecule has 0 aliphatic heterocycles. The van der Waals surface area contributed by atoms with Gasteiger partial charge in [0.25, 0.3) is 0 Å². The van der Waals surface area contributed by atoms with E-state index >= 15 is 0 Å². The SMILES string of the molecule is C=CCOCC(O)CN(CCN(CP(C)(C)=O)CP(C)(C)=O)CCN(CP(C)(C)=O)CP(C)(C)=O. The van der Waals surface area contributed by atoms with Crippen LogP contribution in [0.2, 0.25) is 0 Å². The molecule has 0 aromatic carbocycles. The quantitative estimate of drug-likeness (QED) is 0.131. The molecule has 13 heteroatoms. The second-order valence-electron chi connectivity index (χ2n) is 11.4. The van der Waals surface area contributed by atoms with Crippen molar-refractivity contribution >= 4 is 28.6 Å². The van der Waals surface area contributed by atoms with Crippen LogP contribution in [0.1, 0.15) is 0 Å². The van der Waals surface area contributed by atoms with Gasteiger partial charge in [-0.1, -0.05) is 6.08 Å². The molecule has 0 saturated heterocycles. The average molecular weight is 578 g/mol. The number of aliphatic hydroxyl groups is 1. The van der Waals surface area contributed by atoms with Gasteiger partial charge in [0.1, 0.15) is 0 Å². The second kappa shape index (κ2) is 15.8. The van der Waals surface area contributed by atoms with Gasteiger partial charge in [-0.2, -0.15) is 0 Å². The van der Waals surface area contributed by atoms with E-state index in [0.29, 0.717) is 64.5 Å². The largest absolute Gasteiger partial charge is 0.389 e. The standard InChI is InChI=1S/C22H51N3O6P4/c1-10-15-31-17-22(26)16-23(11-13-24(18-32(2,3)27)19-33(4,5)28)12-14-25(20-34(6,7)29)21-35(8,9)30/h10,22,26H,1,11-21H2,2-9H3. The molecule has 1 N–H and O–H groups in total. The molecule has 0 aromatic rings. The summed E-state index contributed by atoms with van der Waals surface area (Å²) in [4.78, 5) is 6.07. The van der Waals surface area contributed by atoms with Crippen LogP contribution in [0, 0.1) is 0 Å².